The topological polar surface area (TPSA) is 64.4 Å². The minimum Gasteiger partial charge on any atom is -0.436 e. The van der Waals surface area contributed by atoms with E-state index < -0.39 is 0 Å². The summed E-state index contributed by atoms with van der Waals surface area (Å²) in [5, 5.41) is 0. The lowest BCUT2D eigenvalue weighted by atomic mass is 10.1. The van der Waals surface area contributed by atoms with Crippen molar-refractivity contribution in [2.24, 2.45) is 10.7 Å². The summed E-state index contributed by atoms with van der Waals surface area (Å²) in [6.07, 6.45) is 0. The molecule has 4 nitrogen and oxygen atoms in total. The summed E-state index contributed by atoms with van der Waals surface area (Å²) in [6, 6.07) is 13.6. The third-order valence-electron chi connectivity index (χ3n) is 3.05. The fraction of sp³-hybridized carbons (Fsp3) is 0.125. The van der Waals surface area contributed by atoms with E-state index in [2.05, 4.69) is 9.98 Å². The van der Waals surface area contributed by atoms with Gasteiger partial charge in [0.1, 0.15) is 5.52 Å². The maximum Gasteiger partial charge on any atom is 0.227 e. The van der Waals surface area contributed by atoms with Gasteiger partial charge in [0.2, 0.25) is 5.89 Å². The van der Waals surface area contributed by atoms with Crippen molar-refractivity contribution in [3.8, 4) is 11.5 Å². The van der Waals surface area contributed by atoms with Gasteiger partial charge in [0, 0.05) is 5.56 Å². The molecule has 0 aliphatic rings. The summed E-state index contributed by atoms with van der Waals surface area (Å²) in [5.74, 6) is 1.15. The molecule has 0 saturated heterocycles. The molecule has 3 rings (SSSR count). The van der Waals surface area contributed by atoms with E-state index >= 15 is 0 Å². The quantitative estimate of drug-likeness (QED) is 0.566. The zero-order valence-corrected chi connectivity index (χ0v) is 11.4. The minimum atomic E-state index is 0.520. The molecule has 2 N–H and O–H groups in total. The third-order valence-corrected chi connectivity index (χ3v) is 3.05. The van der Waals surface area contributed by atoms with Gasteiger partial charge in [0.05, 0.1) is 11.5 Å². The third kappa shape index (κ3) is 2.28. The number of nitrogens with zero attached hydrogens (tertiary/aromatic N) is 2. The predicted molar refractivity (Wildman–Crippen MR) is 81.1 cm³/mol. The Morgan fingerprint density at radius 3 is 2.75 bits per heavy atom. The summed E-state index contributed by atoms with van der Waals surface area (Å²) in [5.41, 5.74) is 10.0. The largest absolute Gasteiger partial charge is 0.436 e. The fourth-order valence-corrected chi connectivity index (χ4v) is 2.12. The van der Waals surface area contributed by atoms with Crippen LogP contribution in [0.1, 0.15) is 12.5 Å². The van der Waals surface area contributed by atoms with E-state index in [1.807, 2.05) is 49.4 Å². The Morgan fingerprint density at radius 1 is 1.20 bits per heavy atom. The fourth-order valence-electron chi connectivity index (χ4n) is 2.12. The Balaban J connectivity index is 2.12. The van der Waals surface area contributed by atoms with E-state index in [-0.39, 0.29) is 0 Å². The number of oxazole rings is 1. The van der Waals surface area contributed by atoms with Crippen molar-refractivity contribution in [1.29, 1.82) is 0 Å². The van der Waals surface area contributed by atoms with Crippen LogP contribution in [0.5, 0.6) is 0 Å². The van der Waals surface area contributed by atoms with Crippen molar-refractivity contribution in [1.82, 2.24) is 4.98 Å². The van der Waals surface area contributed by atoms with E-state index in [9.17, 15) is 0 Å². The number of hydrogen-bond donors (Lipinski definition) is 1. The zero-order chi connectivity index (χ0) is 14.1. The molecular weight excluding hydrogens is 250 g/mol. The number of aryl methyl sites for hydroxylation is 1. The van der Waals surface area contributed by atoms with Gasteiger partial charge in [0.15, 0.2) is 5.58 Å². The van der Waals surface area contributed by atoms with Crippen molar-refractivity contribution in [2.45, 2.75) is 13.8 Å². The maximum absolute atomic E-state index is 5.80. The van der Waals surface area contributed by atoms with Gasteiger partial charge in [-0.3, -0.25) is 0 Å². The number of benzene rings is 2. The number of aromatic nitrogens is 1. The standard InChI is InChI=1S/C16H15N3O/c1-10-5-3-4-6-13(10)16-19-14-9-12(18-11(2)17)7-8-15(14)20-16/h3-9H,1-2H3,(H2,17,18). The van der Waals surface area contributed by atoms with Gasteiger partial charge in [-0.15, -0.1) is 0 Å². The molecule has 0 amide bonds. The predicted octanol–water partition coefficient (Wildman–Crippen LogP) is 3.81. The molecule has 4 heteroatoms. The normalized spacial score (nSPS) is 12.0. The van der Waals surface area contributed by atoms with Gasteiger partial charge in [-0.05, 0) is 43.7 Å². The van der Waals surface area contributed by atoms with Gasteiger partial charge in [-0.2, -0.15) is 0 Å². The van der Waals surface area contributed by atoms with Crippen LogP contribution in [-0.4, -0.2) is 10.8 Å². The van der Waals surface area contributed by atoms with Crippen LogP contribution in [0.25, 0.3) is 22.6 Å². The van der Waals surface area contributed by atoms with E-state index in [1.165, 1.54) is 0 Å². The minimum absolute atomic E-state index is 0.520. The molecule has 0 radical (unpaired) electrons. The van der Waals surface area contributed by atoms with Gasteiger partial charge in [0.25, 0.3) is 0 Å². The van der Waals surface area contributed by atoms with Crippen LogP contribution < -0.4 is 5.73 Å². The number of hydrogen-bond acceptors (Lipinski definition) is 3. The lowest BCUT2D eigenvalue weighted by molar-refractivity contribution is 0.619. The van der Waals surface area contributed by atoms with Crippen molar-refractivity contribution in [2.75, 3.05) is 0 Å². The Labute approximate surface area is 117 Å². The molecule has 3 aromatic rings. The number of nitrogens with two attached hydrogens (primary N) is 1. The van der Waals surface area contributed by atoms with Crippen LogP contribution in [0, 0.1) is 6.92 Å². The Hall–Kier alpha value is -2.62. The number of amidine groups is 1. The summed E-state index contributed by atoms with van der Waals surface area (Å²) in [7, 11) is 0. The SMILES string of the molecule is CC(N)=Nc1ccc2oc(-c3ccccc3C)nc2c1. The van der Waals surface area contributed by atoms with Crippen LogP contribution in [0.4, 0.5) is 5.69 Å². The summed E-state index contributed by atoms with van der Waals surface area (Å²) < 4.78 is 5.80. The average molecular weight is 265 g/mol. The molecule has 20 heavy (non-hydrogen) atoms. The van der Waals surface area contributed by atoms with Crippen LogP contribution in [0.2, 0.25) is 0 Å². The van der Waals surface area contributed by atoms with E-state index in [4.69, 9.17) is 10.2 Å². The summed E-state index contributed by atoms with van der Waals surface area (Å²) >= 11 is 0. The lowest BCUT2D eigenvalue weighted by Crippen LogP contribution is -2.03. The number of fused-ring (bicyclic) bond motifs is 1. The van der Waals surface area contributed by atoms with Crippen molar-refractivity contribution >= 4 is 22.6 Å². The molecule has 0 spiro atoms. The summed E-state index contributed by atoms with van der Waals surface area (Å²) in [4.78, 5) is 8.76. The summed E-state index contributed by atoms with van der Waals surface area (Å²) in [6.45, 7) is 3.80. The molecule has 0 atom stereocenters. The van der Waals surface area contributed by atoms with Crippen molar-refractivity contribution in [3.63, 3.8) is 0 Å². The highest BCUT2D eigenvalue weighted by atomic mass is 16.3. The van der Waals surface area contributed by atoms with Crippen LogP contribution in [0.3, 0.4) is 0 Å². The van der Waals surface area contributed by atoms with Gasteiger partial charge < -0.3 is 10.2 Å². The molecule has 1 aromatic heterocycles. The average Bonchev–Trinajstić information content (AvgIpc) is 2.81. The smallest absolute Gasteiger partial charge is 0.227 e. The second-order valence-electron chi connectivity index (χ2n) is 4.74. The first-order valence-electron chi connectivity index (χ1n) is 6.41. The second kappa shape index (κ2) is 4.81. The van der Waals surface area contributed by atoms with Crippen molar-refractivity contribution < 1.29 is 4.42 Å². The first-order valence-corrected chi connectivity index (χ1v) is 6.41. The molecule has 100 valence electrons. The monoisotopic (exact) mass is 265 g/mol. The van der Waals surface area contributed by atoms with Gasteiger partial charge in [-0.1, -0.05) is 18.2 Å². The maximum atomic E-state index is 5.80. The molecule has 0 saturated carbocycles. The molecule has 1 heterocycles. The lowest BCUT2D eigenvalue weighted by Gasteiger charge is -1.98. The Morgan fingerprint density at radius 2 is 2.00 bits per heavy atom. The van der Waals surface area contributed by atoms with Crippen molar-refractivity contribution in [3.05, 3.63) is 48.0 Å². The van der Waals surface area contributed by atoms with Gasteiger partial charge in [-0.25, -0.2) is 9.98 Å². The highest BCUT2D eigenvalue weighted by Gasteiger charge is 2.10. The molecular formula is C16H15N3O. The molecule has 0 bridgehead atoms. The Kier molecular flexibility index (Phi) is 2.99. The highest BCUT2D eigenvalue weighted by molar-refractivity contribution is 5.84. The van der Waals surface area contributed by atoms with Crippen LogP contribution in [0.15, 0.2) is 51.9 Å². The van der Waals surface area contributed by atoms with E-state index in [0.717, 1.165) is 27.9 Å². The zero-order valence-electron chi connectivity index (χ0n) is 11.4. The van der Waals surface area contributed by atoms with Gasteiger partial charge >= 0.3 is 0 Å². The Bertz CT molecular complexity index is 798. The first kappa shape index (κ1) is 12.4. The molecule has 0 unspecified atom stereocenters. The van der Waals surface area contributed by atoms with E-state index in [0.29, 0.717) is 11.7 Å². The first-order chi connectivity index (χ1) is 9.63. The van der Waals surface area contributed by atoms with E-state index in [1.54, 1.807) is 6.92 Å². The molecule has 0 aliphatic heterocycles. The molecule has 2 aromatic carbocycles. The number of aliphatic imine (C=N–C) groups is 1. The second-order valence-corrected chi connectivity index (χ2v) is 4.74. The molecule has 0 aliphatic carbocycles. The number of rotatable bonds is 2. The highest BCUT2D eigenvalue weighted by Crippen LogP contribution is 2.28. The molecule has 0 fully saturated rings. The van der Waals surface area contributed by atoms with Crippen LogP contribution in [-0.2, 0) is 0 Å². The van der Waals surface area contributed by atoms with Crippen LogP contribution >= 0.6 is 0 Å².